The maximum Gasteiger partial charge on any atom is 0.167 e. The molecule has 0 amide bonds. The monoisotopic (exact) mass is 641 g/mol. The molecule has 0 aliphatic carbocycles. The Hall–Kier alpha value is -6.85. The van der Waals surface area contributed by atoms with Crippen molar-refractivity contribution in [3.63, 3.8) is 0 Å². The lowest BCUT2D eigenvalue weighted by molar-refractivity contribution is 0.669. The Morgan fingerprint density at radius 2 is 0.840 bits per heavy atom. The van der Waals surface area contributed by atoms with Crippen LogP contribution in [-0.4, -0.2) is 15.0 Å². The Morgan fingerprint density at radius 1 is 0.320 bits per heavy atom. The van der Waals surface area contributed by atoms with Gasteiger partial charge in [0.05, 0.1) is 5.56 Å². The molecule has 10 aromatic rings. The number of hydrogen-bond acceptors (Lipinski definition) is 5. The lowest BCUT2D eigenvalue weighted by Crippen LogP contribution is -2.00. The first-order valence-electron chi connectivity index (χ1n) is 16.6. The molecule has 0 unspecified atom stereocenters. The smallest absolute Gasteiger partial charge is 0.167 e. The van der Waals surface area contributed by atoms with Gasteiger partial charge >= 0.3 is 0 Å². The van der Waals surface area contributed by atoms with E-state index in [4.69, 9.17) is 23.8 Å². The Balaban J connectivity index is 1.20. The zero-order valence-electron chi connectivity index (χ0n) is 26.7. The highest BCUT2D eigenvalue weighted by atomic mass is 16.3. The second kappa shape index (κ2) is 11.4. The molecular formula is C45H27N3O2. The zero-order chi connectivity index (χ0) is 33.0. The van der Waals surface area contributed by atoms with E-state index in [0.717, 1.165) is 82.8 Å². The van der Waals surface area contributed by atoms with Crippen LogP contribution in [0.15, 0.2) is 173 Å². The van der Waals surface area contributed by atoms with Gasteiger partial charge in [-0.3, -0.25) is 0 Å². The Morgan fingerprint density at radius 3 is 1.50 bits per heavy atom. The van der Waals surface area contributed by atoms with E-state index in [2.05, 4.69) is 78.9 Å². The van der Waals surface area contributed by atoms with E-state index in [-0.39, 0.29) is 0 Å². The molecular weight excluding hydrogens is 615 g/mol. The van der Waals surface area contributed by atoms with Crippen LogP contribution in [0.3, 0.4) is 0 Å². The predicted octanol–water partition coefficient (Wildman–Crippen LogP) is 12.0. The van der Waals surface area contributed by atoms with Crippen LogP contribution in [0.1, 0.15) is 0 Å². The van der Waals surface area contributed by atoms with Crippen LogP contribution in [0.5, 0.6) is 0 Å². The average Bonchev–Trinajstić information content (AvgIpc) is 3.77. The first-order valence-corrected chi connectivity index (χ1v) is 16.6. The summed E-state index contributed by atoms with van der Waals surface area (Å²) in [6.07, 6.45) is 0. The van der Waals surface area contributed by atoms with E-state index < -0.39 is 0 Å². The first kappa shape index (κ1) is 28.2. The minimum atomic E-state index is 0.543. The van der Waals surface area contributed by atoms with Gasteiger partial charge in [-0.1, -0.05) is 127 Å². The molecule has 0 saturated heterocycles. The van der Waals surface area contributed by atoms with Gasteiger partial charge in [-0.2, -0.15) is 0 Å². The van der Waals surface area contributed by atoms with Crippen molar-refractivity contribution < 1.29 is 8.83 Å². The van der Waals surface area contributed by atoms with Crippen molar-refractivity contribution in [2.45, 2.75) is 0 Å². The Bertz CT molecular complexity index is 2860. The molecule has 0 saturated carbocycles. The molecule has 0 fully saturated rings. The molecule has 5 heteroatoms. The molecule has 234 valence electrons. The van der Waals surface area contributed by atoms with Crippen molar-refractivity contribution in [2.75, 3.05) is 0 Å². The van der Waals surface area contributed by atoms with Crippen molar-refractivity contribution in [1.29, 1.82) is 0 Å². The number of hydrogen-bond donors (Lipinski definition) is 0. The van der Waals surface area contributed by atoms with Crippen LogP contribution < -0.4 is 0 Å². The molecule has 0 aliphatic rings. The highest BCUT2D eigenvalue weighted by Gasteiger charge is 2.20. The largest absolute Gasteiger partial charge is 0.456 e. The summed E-state index contributed by atoms with van der Waals surface area (Å²) in [7, 11) is 0. The Labute approximate surface area is 287 Å². The van der Waals surface area contributed by atoms with E-state index in [0.29, 0.717) is 17.5 Å². The van der Waals surface area contributed by atoms with Crippen molar-refractivity contribution in [3.05, 3.63) is 164 Å². The minimum Gasteiger partial charge on any atom is -0.456 e. The van der Waals surface area contributed by atoms with Crippen LogP contribution >= 0.6 is 0 Å². The third-order valence-electron chi connectivity index (χ3n) is 9.35. The number of furan rings is 2. The van der Waals surface area contributed by atoms with Gasteiger partial charge in [0.1, 0.15) is 22.3 Å². The fourth-order valence-electron chi connectivity index (χ4n) is 7.05. The molecule has 0 bridgehead atoms. The maximum absolute atomic E-state index is 6.63. The van der Waals surface area contributed by atoms with E-state index in [1.54, 1.807) is 0 Å². The average molecular weight is 642 g/mol. The summed E-state index contributed by atoms with van der Waals surface area (Å²) in [6, 6.07) is 55.6. The molecule has 3 heterocycles. The van der Waals surface area contributed by atoms with Gasteiger partial charge in [0.15, 0.2) is 17.5 Å². The lowest BCUT2D eigenvalue weighted by atomic mass is 9.98. The van der Waals surface area contributed by atoms with E-state index in [1.807, 2.05) is 84.9 Å². The first-order chi connectivity index (χ1) is 24.8. The molecule has 7 aromatic carbocycles. The van der Waals surface area contributed by atoms with Gasteiger partial charge in [0.25, 0.3) is 0 Å². The number of benzene rings is 7. The number of aromatic nitrogens is 3. The van der Waals surface area contributed by atoms with Gasteiger partial charge in [-0.05, 0) is 58.7 Å². The number of nitrogens with zero attached hydrogens (tertiary/aromatic N) is 3. The fourth-order valence-corrected chi connectivity index (χ4v) is 7.05. The molecule has 0 radical (unpaired) electrons. The predicted molar refractivity (Wildman–Crippen MR) is 202 cm³/mol. The van der Waals surface area contributed by atoms with Crippen molar-refractivity contribution in [3.8, 4) is 56.4 Å². The summed E-state index contributed by atoms with van der Waals surface area (Å²) < 4.78 is 13.0. The summed E-state index contributed by atoms with van der Waals surface area (Å²) >= 11 is 0. The molecule has 3 aromatic heterocycles. The second-order valence-electron chi connectivity index (χ2n) is 12.4. The minimum absolute atomic E-state index is 0.543. The molecule has 50 heavy (non-hydrogen) atoms. The standard InChI is InChI=1S/C45H27N3O2/c1-4-13-28(14-5-1)32-19-12-24-39-40(32)34-21-10-22-35(42(34)50-39)45-47-43(30-17-8-3-9-18-30)46-44(48-45)31-25-26-37-36(27-31)41-33(20-11-23-38(41)49-37)29-15-6-2-7-16-29/h1-27H. The van der Waals surface area contributed by atoms with Gasteiger partial charge < -0.3 is 8.83 Å². The molecule has 0 spiro atoms. The van der Waals surface area contributed by atoms with Gasteiger partial charge in [0.2, 0.25) is 0 Å². The SMILES string of the molecule is c1ccc(-c2nc(-c3ccc4oc5cccc(-c6ccccc6)c5c4c3)nc(-c3cccc4c3oc3cccc(-c5ccccc5)c34)n2)cc1. The summed E-state index contributed by atoms with van der Waals surface area (Å²) in [4.78, 5) is 15.2. The number of fused-ring (bicyclic) bond motifs is 6. The van der Waals surface area contributed by atoms with E-state index >= 15 is 0 Å². The topological polar surface area (TPSA) is 65.0 Å². The van der Waals surface area contributed by atoms with Crippen LogP contribution in [0.4, 0.5) is 0 Å². The third-order valence-corrected chi connectivity index (χ3v) is 9.35. The highest BCUT2D eigenvalue weighted by molar-refractivity contribution is 6.15. The quantitative estimate of drug-likeness (QED) is 0.187. The van der Waals surface area contributed by atoms with E-state index in [9.17, 15) is 0 Å². The molecule has 0 atom stereocenters. The fraction of sp³-hybridized carbons (Fsp3) is 0. The van der Waals surface area contributed by atoms with Crippen molar-refractivity contribution in [1.82, 2.24) is 15.0 Å². The molecule has 5 nitrogen and oxygen atoms in total. The Kier molecular flexibility index (Phi) is 6.42. The lowest BCUT2D eigenvalue weighted by Gasteiger charge is -2.09. The van der Waals surface area contributed by atoms with Gasteiger partial charge in [-0.15, -0.1) is 0 Å². The second-order valence-corrected chi connectivity index (χ2v) is 12.4. The van der Waals surface area contributed by atoms with Crippen LogP contribution in [0.25, 0.3) is 100 Å². The number of rotatable bonds is 5. The normalized spacial score (nSPS) is 11.6. The number of para-hydroxylation sites is 1. The van der Waals surface area contributed by atoms with Crippen LogP contribution in [0.2, 0.25) is 0 Å². The van der Waals surface area contributed by atoms with Crippen LogP contribution in [0, 0.1) is 0 Å². The summed E-state index contributed by atoms with van der Waals surface area (Å²) in [5, 5.41) is 4.15. The summed E-state index contributed by atoms with van der Waals surface area (Å²) in [5.41, 5.74) is 10.3. The van der Waals surface area contributed by atoms with Gasteiger partial charge in [-0.25, -0.2) is 15.0 Å². The molecule has 0 aliphatic heterocycles. The van der Waals surface area contributed by atoms with Gasteiger partial charge in [0, 0.05) is 32.7 Å². The molecule has 0 N–H and O–H groups in total. The van der Waals surface area contributed by atoms with E-state index in [1.165, 1.54) is 0 Å². The van der Waals surface area contributed by atoms with Crippen molar-refractivity contribution in [2.24, 2.45) is 0 Å². The van der Waals surface area contributed by atoms with Crippen LogP contribution in [-0.2, 0) is 0 Å². The summed E-state index contributed by atoms with van der Waals surface area (Å²) in [6.45, 7) is 0. The third kappa shape index (κ3) is 4.60. The molecule has 10 rings (SSSR count). The van der Waals surface area contributed by atoms with Crippen molar-refractivity contribution >= 4 is 43.9 Å². The zero-order valence-corrected chi connectivity index (χ0v) is 26.7. The highest BCUT2D eigenvalue weighted by Crippen LogP contribution is 2.41. The maximum atomic E-state index is 6.63. The summed E-state index contributed by atoms with van der Waals surface area (Å²) in [5.74, 6) is 1.70.